The second-order valence-electron chi connectivity index (χ2n) is 8.59. The molecule has 1 saturated heterocycles. The lowest BCUT2D eigenvalue weighted by Crippen LogP contribution is -2.47. The van der Waals surface area contributed by atoms with Gasteiger partial charge in [-0.3, -0.25) is 4.98 Å². The average molecular weight is 461 g/mol. The second kappa shape index (κ2) is 9.19. The molecular weight excluding hydrogens is 435 g/mol. The molecule has 10 heteroatoms. The van der Waals surface area contributed by atoms with E-state index in [1.807, 2.05) is 11.5 Å². The van der Waals surface area contributed by atoms with Crippen molar-refractivity contribution in [1.29, 1.82) is 5.26 Å². The number of halogens is 1. The third-order valence-electron chi connectivity index (χ3n) is 6.08. The lowest BCUT2D eigenvalue weighted by atomic mass is 9.93. The molecule has 0 amide bonds. The van der Waals surface area contributed by atoms with Crippen LogP contribution in [0.3, 0.4) is 0 Å². The van der Waals surface area contributed by atoms with Crippen LogP contribution in [0.1, 0.15) is 13.3 Å². The van der Waals surface area contributed by atoms with Gasteiger partial charge in [0.25, 0.3) is 0 Å². The molecule has 2 aliphatic rings. The fourth-order valence-corrected chi connectivity index (χ4v) is 4.38. The zero-order chi connectivity index (χ0) is 23.7. The first kappa shape index (κ1) is 22.0. The van der Waals surface area contributed by atoms with Gasteiger partial charge in [0.2, 0.25) is 0 Å². The van der Waals surface area contributed by atoms with Crippen molar-refractivity contribution in [2.45, 2.75) is 19.9 Å². The maximum atomic E-state index is 14.0. The van der Waals surface area contributed by atoms with Gasteiger partial charge in [-0.2, -0.15) is 15.2 Å². The molecular formula is C24H25FN8O. The Hall–Kier alpha value is -3.84. The van der Waals surface area contributed by atoms with E-state index in [9.17, 15) is 4.39 Å². The van der Waals surface area contributed by atoms with E-state index >= 15 is 0 Å². The third kappa shape index (κ3) is 4.34. The van der Waals surface area contributed by atoms with Gasteiger partial charge in [0, 0.05) is 31.4 Å². The van der Waals surface area contributed by atoms with Crippen LogP contribution in [0.4, 0.5) is 10.2 Å². The van der Waals surface area contributed by atoms with Gasteiger partial charge in [-0.15, -0.1) is 0 Å². The molecule has 1 fully saturated rings. The average Bonchev–Trinajstić information content (AvgIpc) is 3.16. The molecule has 1 unspecified atom stereocenters. The first-order chi connectivity index (χ1) is 16.5. The number of ether oxygens (including phenoxy) is 1. The Morgan fingerprint density at radius 1 is 1.26 bits per heavy atom. The van der Waals surface area contributed by atoms with Gasteiger partial charge in [0.05, 0.1) is 31.3 Å². The number of hydrogen-bond acceptors (Lipinski definition) is 8. The number of aromatic nitrogens is 5. The van der Waals surface area contributed by atoms with Crippen molar-refractivity contribution in [2.75, 3.05) is 32.0 Å². The van der Waals surface area contributed by atoms with E-state index in [1.165, 1.54) is 6.07 Å². The molecule has 0 aromatic carbocycles. The maximum Gasteiger partial charge on any atom is 0.320 e. The quantitative estimate of drug-likeness (QED) is 0.572. The van der Waals surface area contributed by atoms with Gasteiger partial charge in [0.1, 0.15) is 11.6 Å². The fraction of sp³-hybridized carbons (Fsp3) is 0.375. The Morgan fingerprint density at radius 2 is 2.12 bits per heavy atom. The smallest absolute Gasteiger partial charge is 0.320 e. The van der Waals surface area contributed by atoms with Crippen molar-refractivity contribution >= 4 is 17.0 Å². The molecule has 9 nitrogen and oxygen atoms in total. The summed E-state index contributed by atoms with van der Waals surface area (Å²) in [5, 5.41) is 8.97. The number of anilines is 1. The molecule has 34 heavy (non-hydrogen) atoms. The number of likely N-dealkylation sites (tertiary alicyclic amines) is 1. The Labute approximate surface area is 196 Å². The summed E-state index contributed by atoms with van der Waals surface area (Å²) in [4.78, 5) is 19.7. The number of fused-ring (bicyclic) bond motifs is 1. The molecule has 2 N–H and O–H groups in total. The number of imidazole rings is 1. The summed E-state index contributed by atoms with van der Waals surface area (Å²) in [6.45, 7) is 5.39. The van der Waals surface area contributed by atoms with Crippen molar-refractivity contribution in [3.05, 3.63) is 48.1 Å². The molecule has 0 spiro atoms. The first-order valence-electron chi connectivity index (χ1n) is 11.3. The minimum Gasteiger partial charge on any atom is -0.464 e. The zero-order valence-corrected chi connectivity index (χ0v) is 18.9. The summed E-state index contributed by atoms with van der Waals surface area (Å²) < 4.78 is 21.3. The molecule has 1 atom stereocenters. The van der Waals surface area contributed by atoms with Gasteiger partial charge < -0.3 is 19.9 Å². The number of nitrogens with zero attached hydrogens (tertiary/aromatic N) is 7. The molecule has 1 aliphatic heterocycles. The molecule has 3 aromatic rings. The third-order valence-corrected chi connectivity index (χ3v) is 6.08. The first-order valence-corrected chi connectivity index (χ1v) is 11.3. The minimum atomic E-state index is -0.450. The minimum absolute atomic E-state index is 0.167. The molecule has 174 valence electrons. The lowest BCUT2D eigenvalue weighted by Gasteiger charge is -2.37. The van der Waals surface area contributed by atoms with Gasteiger partial charge >= 0.3 is 6.01 Å². The van der Waals surface area contributed by atoms with E-state index in [4.69, 9.17) is 15.7 Å². The van der Waals surface area contributed by atoms with Crippen molar-refractivity contribution in [3.8, 4) is 23.5 Å². The topological polar surface area (TPSA) is 119 Å². The van der Waals surface area contributed by atoms with Gasteiger partial charge in [-0.05, 0) is 30.9 Å². The number of nitrogens with two attached hydrogens (primary N) is 1. The standard InChI is InChI=1S/C24H25FN8O/c1-2-34-24-30-21(27)20-23(31-24)33(22(29-20)18-7-19(25)10-28-9-18)14-16-5-3-15(4-6-16)11-32-12-17(8-26)13-32/h3,5-7,9-10,15,17H,2,4,11-14H2,1H3,(H2,27,30,31). The SMILES string of the molecule is CCOc1nc(N)c2nc(-c3cncc(F)c3)n(CC3=CCC(CN4CC(C#N)C4)C=C3)c2n1. The molecule has 0 bridgehead atoms. The Balaban J connectivity index is 1.44. The van der Waals surface area contributed by atoms with Crippen LogP contribution in [0.15, 0.2) is 42.3 Å². The summed E-state index contributed by atoms with van der Waals surface area (Å²) in [5.41, 5.74) is 8.74. The van der Waals surface area contributed by atoms with E-state index in [1.54, 1.807) is 6.20 Å². The number of nitrogen functional groups attached to an aromatic ring is 1. The number of pyridine rings is 1. The normalized spacial score (nSPS) is 18.5. The summed E-state index contributed by atoms with van der Waals surface area (Å²) >= 11 is 0. The summed E-state index contributed by atoms with van der Waals surface area (Å²) in [5.74, 6) is 0.846. The number of rotatable bonds is 7. The van der Waals surface area contributed by atoms with Crippen LogP contribution >= 0.6 is 0 Å². The fourth-order valence-electron chi connectivity index (χ4n) is 4.38. The monoisotopic (exact) mass is 460 g/mol. The van der Waals surface area contributed by atoms with Crippen LogP contribution in [-0.4, -0.2) is 55.6 Å². The van der Waals surface area contributed by atoms with Crippen LogP contribution in [-0.2, 0) is 6.54 Å². The van der Waals surface area contributed by atoms with E-state index < -0.39 is 5.82 Å². The van der Waals surface area contributed by atoms with Gasteiger partial charge in [-0.1, -0.05) is 18.2 Å². The molecule has 5 rings (SSSR count). The van der Waals surface area contributed by atoms with Crippen molar-refractivity contribution < 1.29 is 9.13 Å². The summed E-state index contributed by atoms with van der Waals surface area (Å²) in [6, 6.07) is 3.88. The van der Waals surface area contributed by atoms with E-state index in [2.05, 4.69) is 49.1 Å². The predicted molar refractivity (Wildman–Crippen MR) is 125 cm³/mol. The predicted octanol–water partition coefficient (Wildman–Crippen LogP) is 2.97. The molecule has 3 aromatic heterocycles. The summed E-state index contributed by atoms with van der Waals surface area (Å²) in [6.07, 6.45) is 10.2. The van der Waals surface area contributed by atoms with Crippen molar-refractivity contribution in [3.63, 3.8) is 0 Å². The zero-order valence-electron chi connectivity index (χ0n) is 18.9. The Bertz CT molecular complexity index is 1320. The molecule has 1 aliphatic carbocycles. The van der Waals surface area contributed by atoms with E-state index in [-0.39, 0.29) is 17.7 Å². The van der Waals surface area contributed by atoms with Crippen molar-refractivity contribution in [2.24, 2.45) is 11.8 Å². The van der Waals surface area contributed by atoms with Gasteiger partial charge in [0.15, 0.2) is 17.0 Å². The van der Waals surface area contributed by atoms with E-state index in [0.717, 1.165) is 37.8 Å². The highest BCUT2D eigenvalue weighted by Crippen LogP contribution is 2.30. The summed E-state index contributed by atoms with van der Waals surface area (Å²) in [7, 11) is 0. The number of nitriles is 1. The van der Waals surface area contributed by atoms with Gasteiger partial charge in [-0.25, -0.2) is 9.37 Å². The maximum absolute atomic E-state index is 14.0. The van der Waals surface area contributed by atoms with Crippen molar-refractivity contribution in [1.82, 2.24) is 29.4 Å². The highest BCUT2D eigenvalue weighted by atomic mass is 19.1. The largest absolute Gasteiger partial charge is 0.464 e. The second-order valence-corrected chi connectivity index (χ2v) is 8.59. The van der Waals surface area contributed by atoms with E-state index in [0.29, 0.717) is 41.6 Å². The number of allylic oxidation sites excluding steroid dienone is 3. The highest BCUT2D eigenvalue weighted by molar-refractivity contribution is 5.86. The Morgan fingerprint density at radius 3 is 2.82 bits per heavy atom. The van der Waals surface area contributed by atoms with Crippen LogP contribution < -0.4 is 10.5 Å². The van der Waals surface area contributed by atoms with Crippen LogP contribution in [0, 0.1) is 29.0 Å². The molecule has 0 radical (unpaired) electrons. The Kier molecular flexibility index (Phi) is 5.94. The molecule has 0 saturated carbocycles. The van der Waals surface area contributed by atoms with Crippen LogP contribution in [0.5, 0.6) is 6.01 Å². The lowest BCUT2D eigenvalue weighted by molar-refractivity contribution is 0.121. The molecule has 4 heterocycles. The highest BCUT2D eigenvalue weighted by Gasteiger charge is 2.28. The number of hydrogen-bond donors (Lipinski definition) is 1. The van der Waals surface area contributed by atoms with Crippen LogP contribution in [0.2, 0.25) is 0 Å². The van der Waals surface area contributed by atoms with Crippen LogP contribution in [0.25, 0.3) is 22.6 Å².